The van der Waals surface area contributed by atoms with E-state index in [-0.39, 0.29) is 10.6 Å². The molecule has 2 aliphatic heterocycles. The molecule has 154 valence electrons. The number of piperidine rings is 1. The SMILES string of the molecule is O=[N+]([O-])c1cccnc1N1CCC(=CC#Cc2ccc(N3CCOCC3)nc2)CC1. The van der Waals surface area contributed by atoms with E-state index in [1.807, 2.05) is 23.1 Å². The predicted octanol–water partition coefficient (Wildman–Crippen LogP) is 2.80. The van der Waals surface area contributed by atoms with Crippen molar-refractivity contribution in [2.24, 2.45) is 0 Å². The van der Waals surface area contributed by atoms with E-state index in [0.717, 1.165) is 50.5 Å². The molecule has 4 heterocycles. The zero-order chi connectivity index (χ0) is 20.8. The smallest absolute Gasteiger partial charge is 0.311 e. The number of nitrogens with zero attached hydrogens (tertiary/aromatic N) is 5. The molecule has 0 unspecified atom stereocenters. The summed E-state index contributed by atoms with van der Waals surface area (Å²) in [6.45, 7) is 4.60. The fourth-order valence-electron chi connectivity index (χ4n) is 3.59. The minimum Gasteiger partial charge on any atom is -0.378 e. The van der Waals surface area contributed by atoms with E-state index in [4.69, 9.17) is 4.74 Å². The molecule has 0 aliphatic carbocycles. The molecule has 8 nitrogen and oxygen atoms in total. The molecule has 2 aromatic heterocycles. The number of morpholine rings is 1. The second-order valence-electron chi connectivity index (χ2n) is 7.17. The molecule has 0 atom stereocenters. The van der Waals surface area contributed by atoms with Crippen LogP contribution in [0.15, 0.2) is 48.3 Å². The Hall–Kier alpha value is -3.44. The van der Waals surface area contributed by atoms with Crippen LogP contribution in [-0.2, 0) is 4.74 Å². The predicted molar refractivity (Wildman–Crippen MR) is 115 cm³/mol. The summed E-state index contributed by atoms with van der Waals surface area (Å²) >= 11 is 0. The van der Waals surface area contributed by atoms with Gasteiger partial charge in [0, 0.05) is 50.2 Å². The quantitative estimate of drug-likeness (QED) is 0.441. The second-order valence-corrected chi connectivity index (χ2v) is 7.17. The van der Waals surface area contributed by atoms with Crippen LogP contribution in [0.4, 0.5) is 17.3 Å². The summed E-state index contributed by atoms with van der Waals surface area (Å²) < 4.78 is 5.37. The highest BCUT2D eigenvalue weighted by molar-refractivity contribution is 5.58. The molecule has 0 bridgehead atoms. The number of pyridine rings is 2. The van der Waals surface area contributed by atoms with Crippen LogP contribution in [0, 0.1) is 22.0 Å². The minimum absolute atomic E-state index is 0.0535. The van der Waals surface area contributed by atoms with Gasteiger partial charge in [0.1, 0.15) is 5.82 Å². The van der Waals surface area contributed by atoms with Gasteiger partial charge in [0.25, 0.3) is 0 Å². The van der Waals surface area contributed by atoms with Crippen molar-refractivity contribution >= 4 is 17.3 Å². The van der Waals surface area contributed by atoms with Gasteiger partial charge in [-0.05, 0) is 37.1 Å². The number of anilines is 2. The van der Waals surface area contributed by atoms with Crippen molar-refractivity contribution in [3.05, 3.63) is 64.0 Å². The largest absolute Gasteiger partial charge is 0.378 e. The lowest BCUT2D eigenvalue weighted by Gasteiger charge is -2.28. The van der Waals surface area contributed by atoms with E-state index in [1.165, 1.54) is 11.6 Å². The molecule has 30 heavy (non-hydrogen) atoms. The number of allylic oxidation sites excluding steroid dienone is 1. The van der Waals surface area contributed by atoms with Crippen LogP contribution in [0.1, 0.15) is 18.4 Å². The third kappa shape index (κ3) is 4.75. The Bertz CT molecular complexity index is 978. The van der Waals surface area contributed by atoms with Crippen LogP contribution < -0.4 is 9.80 Å². The monoisotopic (exact) mass is 405 g/mol. The Morgan fingerprint density at radius 1 is 1.07 bits per heavy atom. The number of hydrogen-bond acceptors (Lipinski definition) is 7. The Labute approximate surface area is 175 Å². The van der Waals surface area contributed by atoms with Crippen LogP contribution in [0.5, 0.6) is 0 Å². The summed E-state index contributed by atoms with van der Waals surface area (Å²) in [6, 6.07) is 7.08. The van der Waals surface area contributed by atoms with Gasteiger partial charge in [-0.3, -0.25) is 10.1 Å². The second kappa shape index (κ2) is 9.37. The average molecular weight is 405 g/mol. The van der Waals surface area contributed by atoms with Gasteiger partial charge in [-0.1, -0.05) is 17.4 Å². The van der Waals surface area contributed by atoms with Crippen LogP contribution >= 0.6 is 0 Å². The third-order valence-electron chi connectivity index (χ3n) is 5.24. The standard InChI is InChI=1S/C22H23N5O3/c28-27(29)20-5-2-10-23-22(20)26-11-8-18(9-12-26)3-1-4-19-6-7-21(24-17-19)25-13-15-30-16-14-25/h2-3,5-7,10,17H,8-9,11-16H2. The van der Waals surface area contributed by atoms with E-state index in [1.54, 1.807) is 18.5 Å². The lowest BCUT2D eigenvalue weighted by atomic mass is 10.0. The first-order chi connectivity index (χ1) is 14.7. The molecule has 4 rings (SSSR count). The number of ether oxygens (including phenoxy) is 1. The third-order valence-corrected chi connectivity index (χ3v) is 5.24. The average Bonchev–Trinajstić information content (AvgIpc) is 2.80. The maximum atomic E-state index is 11.2. The summed E-state index contributed by atoms with van der Waals surface area (Å²) in [5, 5.41) is 11.2. The Kier molecular flexibility index (Phi) is 6.20. The maximum absolute atomic E-state index is 11.2. The summed E-state index contributed by atoms with van der Waals surface area (Å²) in [6.07, 6.45) is 6.99. The number of aromatic nitrogens is 2. The first-order valence-corrected chi connectivity index (χ1v) is 10.0. The van der Waals surface area contributed by atoms with E-state index < -0.39 is 0 Å². The molecule has 2 aromatic rings. The summed E-state index contributed by atoms with van der Waals surface area (Å²) in [7, 11) is 0. The van der Waals surface area contributed by atoms with Gasteiger partial charge in [0.05, 0.1) is 18.1 Å². The van der Waals surface area contributed by atoms with Gasteiger partial charge in [-0.15, -0.1) is 0 Å². The highest BCUT2D eigenvalue weighted by Crippen LogP contribution is 2.28. The Morgan fingerprint density at radius 3 is 2.57 bits per heavy atom. The molecule has 0 spiro atoms. The lowest BCUT2D eigenvalue weighted by Crippen LogP contribution is -2.36. The zero-order valence-corrected chi connectivity index (χ0v) is 16.7. The van der Waals surface area contributed by atoms with E-state index in [2.05, 4.69) is 26.7 Å². The first kappa shape index (κ1) is 19.9. The normalized spacial score (nSPS) is 16.6. The van der Waals surface area contributed by atoms with Crippen molar-refractivity contribution in [2.75, 3.05) is 49.2 Å². The van der Waals surface area contributed by atoms with Gasteiger partial charge < -0.3 is 14.5 Å². The maximum Gasteiger partial charge on any atom is 0.311 e. The van der Waals surface area contributed by atoms with Crippen molar-refractivity contribution in [3.63, 3.8) is 0 Å². The van der Waals surface area contributed by atoms with Crippen molar-refractivity contribution in [1.82, 2.24) is 9.97 Å². The molecule has 2 saturated heterocycles. The van der Waals surface area contributed by atoms with Crippen LogP contribution in [0.2, 0.25) is 0 Å². The van der Waals surface area contributed by atoms with E-state index in [0.29, 0.717) is 18.9 Å². The van der Waals surface area contributed by atoms with Crippen molar-refractivity contribution in [1.29, 1.82) is 0 Å². The molecule has 0 radical (unpaired) electrons. The van der Waals surface area contributed by atoms with Crippen molar-refractivity contribution in [3.8, 4) is 11.8 Å². The molecule has 0 amide bonds. The van der Waals surface area contributed by atoms with E-state index in [9.17, 15) is 10.1 Å². The highest BCUT2D eigenvalue weighted by atomic mass is 16.6. The van der Waals surface area contributed by atoms with Gasteiger partial charge in [-0.2, -0.15) is 0 Å². The van der Waals surface area contributed by atoms with Crippen LogP contribution in [0.25, 0.3) is 0 Å². The summed E-state index contributed by atoms with van der Waals surface area (Å²) in [5.41, 5.74) is 2.18. The zero-order valence-electron chi connectivity index (χ0n) is 16.7. The molecule has 2 aliphatic rings. The molecule has 0 N–H and O–H groups in total. The fourth-order valence-corrected chi connectivity index (χ4v) is 3.59. The number of nitro groups is 1. The van der Waals surface area contributed by atoms with Gasteiger partial charge in [-0.25, -0.2) is 9.97 Å². The van der Waals surface area contributed by atoms with Gasteiger partial charge >= 0.3 is 5.69 Å². The molecular weight excluding hydrogens is 382 g/mol. The summed E-state index contributed by atoms with van der Waals surface area (Å²) in [5.74, 6) is 7.67. The molecule has 0 saturated carbocycles. The van der Waals surface area contributed by atoms with E-state index >= 15 is 0 Å². The fraction of sp³-hybridized carbons (Fsp3) is 0.364. The van der Waals surface area contributed by atoms with Gasteiger partial charge in [0.2, 0.25) is 5.82 Å². The number of hydrogen-bond donors (Lipinski definition) is 0. The van der Waals surface area contributed by atoms with Gasteiger partial charge in [0.15, 0.2) is 0 Å². The highest BCUT2D eigenvalue weighted by Gasteiger charge is 2.23. The topological polar surface area (TPSA) is 84.6 Å². The number of rotatable bonds is 3. The Balaban J connectivity index is 1.35. The van der Waals surface area contributed by atoms with Crippen LogP contribution in [0.3, 0.4) is 0 Å². The molecule has 2 fully saturated rings. The van der Waals surface area contributed by atoms with Crippen molar-refractivity contribution < 1.29 is 9.66 Å². The summed E-state index contributed by atoms with van der Waals surface area (Å²) in [4.78, 5) is 23.7. The van der Waals surface area contributed by atoms with Crippen LogP contribution in [-0.4, -0.2) is 54.3 Å². The minimum atomic E-state index is -0.377. The molecule has 0 aromatic carbocycles. The molecule has 8 heteroatoms. The Morgan fingerprint density at radius 2 is 1.87 bits per heavy atom. The molecular formula is C22H23N5O3. The van der Waals surface area contributed by atoms with Crippen molar-refractivity contribution in [2.45, 2.75) is 12.8 Å². The lowest BCUT2D eigenvalue weighted by molar-refractivity contribution is -0.384. The first-order valence-electron chi connectivity index (χ1n) is 10.0.